The number of hydrogen-bond donors (Lipinski definition) is 1. The van der Waals surface area contributed by atoms with Crippen LogP contribution in [-0.4, -0.2) is 36.6 Å². The summed E-state index contributed by atoms with van der Waals surface area (Å²) in [6, 6.07) is 9.45. The molecular formula is C22H21F3N4O2S. The summed E-state index contributed by atoms with van der Waals surface area (Å²) in [6.07, 6.45) is 2.47. The van der Waals surface area contributed by atoms with Crippen molar-refractivity contribution in [1.29, 1.82) is 0 Å². The molecule has 0 aliphatic carbocycles. The first-order chi connectivity index (χ1) is 15.3. The number of nitrogens with one attached hydrogen (secondary N) is 1. The molecule has 3 aromatic rings. The Morgan fingerprint density at radius 3 is 2.38 bits per heavy atom. The molecule has 0 spiro atoms. The average molecular weight is 462 g/mol. The molecule has 2 heterocycles. The second kappa shape index (κ2) is 9.25. The van der Waals surface area contributed by atoms with E-state index in [4.69, 9.17) is 0 Å². The van der Waals surface area contributed by atoms with Gasteiger partial charge in [0.05, 0.1) is 11.4 Å². The van der Waals surface area contributed by atoms with Crippen LogP contribution in [0.15, 0.2) is 53.6 Å². The molecule has 1 aromatic heterocycles. The van der Waals surface area contributed by atoms with Gasteiger partial charge in [0.15, 0.2) is 9.84 Å². The minimum Gasteiger partial charge on any atom is -0.381 e. The second-order valence-electron chi connectivity index (χ2n) is 7.60. The summed E-state index contributed by atoms with van der Waals surface area (Å²) in [5.74, 6) is -3.56. The lowest BCUT2D eigenvalue weighted by Gasteiger charge is -2.31. The van der Waals surface area contributed by atoms with Gasteiger partial charge in [0.1, 0.15) is 22.3 Å². The number of likely N-dealkylation sites (tertiary alicyclic amines) is 1. The van der Waals surface area contributed by atoms with Crippen molar-refractivity contribution in [2.45, 2.75) is 30.2 Å². The molecule has 2 aromatic carbocycles. The van der Waals surface area contributed by atoms with Crippen molar-refractivity contribution in [3.05, 3.63) is 82.9 Å². The van der Waals surface area contributed by atoms with E-state index in [2.05, 4.69) is 20.4 Å². The van der Waals surface area contributed by atoms with E-state index in [-0.39, 0.29) is 17.9 Å². The topological polar surface area (TPSA) is 75.2 Å². The molecule has 6 nitrogen and oxygen atoms in total. The van der Waals surface area contributed by atoms with Crippen molar-refractivity contribution in [3.8, 4) is 0 Å². The molecule has 0 radical (unpaired) electrons. The summed E-state index contributed by atoms with van der Waals surface area (Å²) in [5.41, 5.74) is 1.28. The molecule has 4 rings (SSSR count). The van der Waals surface area contributed by atoms with Gasteiger partial charge < -0.3 is 5.32 Å². The maximum atomic E-state index is 14.6. The second-order valence-corrected chi connectivity index (χ2v) is 9.53. The molecule has 1 aliphatic rings. The highest BCUT2D eigenvalue weighted by Gasteiger charge is 2.26. The van der Waals surface area contributed by atoms with Crippen molar-refractivity contribution in [1.82, 2.24) is 15.1 Å². The smallest absolute Gasteiger partial charge is 0.189 e. The molecular weight excluding hydrogens is 441 g/mol. The van der Waals surface area contributed by atoms with Crippen LogP contribution >= 0.6 is 0 Å². The van der Waals surface area contributed by atoms with Gasteiger partial charge in [0.2, 0.25) is 0 Å². The SMILES string of the molecule is O=S(=O)(Cc1cccnn1)c1c(F)cc(NCc2c(F)cccc2CN2CCC2)cc1F. The lowest BCUT2D eigenvalue weighted by Crippen LogP contribution is -2.36. The van der Waals surface area contributed by atoms with Gasteiger partial charge in [-0.15, -0.1) is 0 Å². The number of aromatic nitrogens is 2. The predicted octanol–water partition coefficient (Wildman–Crippen LogP) is 3.69. The van der Waals surface area contributed by atoms with Gasteiger partial charge in [-0.1, -0.05) is 12.1 Å². The highest BCUT2D eigenvalue weighted by Crippen LogP contribution is 2.27. The van der Waals surface area contributed by atoms with Gasteiger partial charge in [-0.05, 0) is 55.4 Å². The molecule has 10 heteroatoms. The number of hydrogen-bond acceptors (Lipinski definition) is 6. The fraction of sp³-hybridized carbons (Fsp3) is 0.273. The maximum absolute atomic E-state index is 14.6. The van der Waals surface area contributed by atoms with Gasteiger partial charge in [0, 0.05) is 30.5 Å². The van der Waals surface area contributed by atoms with Crippen molar-refractivity contribution in [2.24, 2.45) is 0 Å². The molecule has 0 unspecified atom stereocenters. The number of rotatable bonds is 8. The Morgan fingerprint density at radius 1 is 1.00 bits per heavy atom. The third-order valence-corrected chi connectivity index (χ3v) is 6.99. The fourth-order valence-corrected chi connectivity index (χ4v) is 4.96. The van der Waals surface area contributed by atoms with Crippen molar-refractivity contribution in [3.63, 3.8) is 0 Å². The quantitative estimate of drug-likeness (QED) is 0.551. The van der Waals surface area contributed by atoms with E-state index in [1.54, 1.807) is 6.07 Å². The number of benzene rings is 2. The van der Waals surface area contributed by atoms with Crippen molar-refractivity contribution < 1.29 is 21.6 Å². The molecule has 0 amide bonds. The largest absolute Gasteiger partial charge is 0.381 e. The monoisotopic (exact) mass is 462 g/mol. The lowest BCUT2D eigenvalue weighted by atomic mass is 10.0. The summed E-state index contributed by atoms with van der Waals surface area (Å²) in [5, 5.41) is 10.0. The zero-order chi connectivity index (χ0) is 22.7. The Hall–Kier alpha value is -2.98. The molecule has 1 aliphatic heterocycles. The van der Waals surface area contributed by atoms with Crippen molar-refractivity contribution in [2.75, 3.05) is 18.4 Å². The number of halogens is 3. The highest BCUT2D eigenvalue weighted by atomic mass is 32.2. The fourth-order valence-electron chi connectivity index (χ4n) is 3.56. The van der Waals surface area contributed by atoms with Crippen LogP contribution in [0.2, 0.25) is 0 Å². The van der Waals surface area contributed by atoms with Crippen molar-refractivity contribution >= 4 is 15.5 Å². The minimum absolute atomic E-state index is 0.000425. The van der Waals surface area contributed by atoms with E-state index in [0.29, 0.717) is 12.1 Å². The lowest BCUT2D eigenvalue weighted by molar-refractivity contribution is 0.172. The van der Waals surface area contributed by atoms with Gasteiger partial charge >= 0.3 is 0 Å². The third kappa shape index (κ3) is 4.91. The molecule has 0 atom stereocenters. The molecule has 32 heavy (non-hydrogen) atoms. The summed E-state index contributed by atoms with van der Waals surface area (Å²) in [6.45, 7) is 2.49. The van der Waals surface area contributed by atoms with Crippen LogP contribution in [0.3, 0.4) is 0 Å². The Labute approximate surface area is 184 Å². The zero-order valence-electron chi connectivity index (χ0n) is 17.1. The van der Waals surface area contributed by atoms with E-state index in [9.17, 15) is 21.6 Å². The molecule has 0 bridgehead atoms. The first-order valence-corrected chi connectivity index (χ1v) is 11.7. The van der Waals surface area contributed by atoms with Crippen LogP contribution in [0.25, 0.3) is 0 Å². The highest BCUT2D eigenvalue weighted by molar-refractivity contribution is 7.90. The van der Waals surface area contributed by atoms with Crippen LogP contribution in [0.4, 0.5) is 18.9 Å². The standard InChI is InChI=1S/C22H21F3N4O2S/c23-19-6-1-4-15(13-29-8-3-9-29)18(19)12-26-17-10-20(24)22(21(25)11-17)32(30,31)14-16-5-2-7-27-28-16/h1-2,4-7,10-11,26H,3,8-9,12-14H2. The molecule has 1 saturated heterocycles. The van der Waals surface area contributed by atoms with E-state index >= 15 is 0 Å². The third-order valence-electron chi connectivity index (χ3n) is 5.30. The van der Waals surface area contributed by atoms with Crippen LogP contribution < -0.4 is 5.32 Å². The Kier molecular flexibility index (Phi) is 6.43. The molecule has 1 fully saturated rings. The van der Waals surface area contributed by atoms with Crippen LogP contribution in [-0.2, 0) is 28.7 Å². The van der Waals surface area contributed by atoms with Crippen LogP contribution in [0.5, 0.6) is 0 Å². The average Bonchev–Trinajstić information content (AvgIpc) is 2.69. The van der Waals surface area contributed by atoms with Crippen LogP contribution in [0, 0.1) is 17.5 Å². The van der Waals surface area contributed by atoms with Gasteiger partial charge in [-0.25, -0.2) is 21.6 Å². The minimum atomic E-state index is -4.33. The Morgan fingerprint density at radius 2 is 1.75 bits per heavy atom. The molecule has 1 N–H and O–H groups in total. The summed E-state index contributed by atoms with van der Waals surface area (Å²) >= 11 is 0. The van der Waals surface area contributed by atoms with Gasteiger partial charge in [-0.3, -0.25) is 4.90 Å². The van der Waals surface area contributed by atoms with E-state index in [0.717, 1.165) is 37.2 Å². The molecule has 0 saturated carbocycles. The maximum Gasteiger partial charge on any atom is 0.189 e. The Bertz CT molecular complexity index is 1200. The van der Waals surface area contributed by atoms with Gasteiger partial charge in [-0.2, -0.15) is 10.2 Å². The predicted molar refractivity (Wildman–Crippen MR) is 113 cm³/mol. The Balaban J connectivity index is 1.53. The molecule has 168 valence electrons. The summed E-state index contributed by atoms with van der Waals surface area (Å²) in [4.78, 5) is 1.15. The van der Waals surface area contributed by atoms with E-state index < -0.39 is 37.9 Å². The number of anilines is 1. The first-order valence-electron chi connectivity index (χ1n) is 10.0. The summed E-state index contributed by atoms with van der Waals surface area (Å²) < 4.78 is 68.8. The zero-order valence-corrected chi connectivity index (χ0v) is 17.9. The summed E-state index contributed by atoms with van der Waals surface area (Å²) in [7, 11) is -4.33. The van der Waals surface area contributed by atoms with E-state index in [1.165, 1.54) is 24.4 Å². The van der Waals surface area contributed by atoms with Crippen LogP contribution in [0.1, 0.15) is 23.2 Å². The normalized spacial score (nSPS) is 14.2. The first kappa shape index (κ1) is 22.2. The number of sulfone groups is 1. The van der Waals surface area contributed by atoms with Gasteiger partial charge in [0.25, 0.3) is 0 Å². The number of nitrogens with zero attached hydrogens (tertiary/aromatic N) is 3. The van der Waals surface area contributed by atoms with E-state index in [1.807, 2.05) is 6.07 Å².